The predicted octanol–water partition coefficient (Wildman–Crippen LogP) is 1.95. The summed E-state index contributed by atoms with van der Waals surface area (Å²) in [6.45, 7) is 1.20. The van der Waals surface area contributed by atoms with Crippen LogP contribution in [-0.2, 0) is 22.7 Å². The zero-order valence-corrected chi connectivity index (χ0v) is 12.7. The second kappa shape index (κ2) is 5.90. The van der Waals surface area contributed by atoms with Gasteiger partial charge < -0.3 is 10.4 Å². The van der Waals surface area contributed by atoms with Crippen LogP contribution in [0.3, 0.4) is 0 Å². The summed E-state index contributed by atoms with van der Waals surface area (Å²) in [5.41, 5.74) is -4.23. The van der Waals surface area contributed by atoms with E-state index in [4.69, 9.17) is 0 Å². The van der Waals surface area contributed by atoms with Gasteiger partial charge in [0.15, 0.2) is 0 Å². The van der Waals surface area contributed by atoms with E-state index in [1.807, 2.05) is 0 Å². The van der Waals surface area contributed by atoms with Crippen molar-refractivity contribution in [3.8, 4) is 5.75 Å². The van der Waals surface area contributed by atoms with Gasteiger partial charge in [0.05, 0.1) is 0 Å². The number of halogens is 4. The summed E-state index contributed by atoms with van der Waals surface area (Å²) in [6.07, 6.45) is 0.964. The Morgan fingerprint density at radius 1 is 1.10 bits per heavy atom. The Balaban J connectivity index is 0.00000200. The molecule has 0 atom stereocenters. The number of fused-ring (bicyclic) bond motifs is 1. The van der Waals surface area contributed by atoms with Crippen molar-refractivity contribution >= 4 is 26.8 Å². The van der Waals surface area contributed by atoms with Gasteiger partial charge >= 0.3 is 5.51 Å². The molecule has 114 valence electrons. The number of rotatable bonds is 1. The van der Waals surface area contributed by atoms with E-state index in [9.17, 15) is 26.7 Å². The van der Waals surface area contributed by atoms with Gasteiger partial charge in [-0.15, -0.1) is 17.0 Å². The highest BCUT2D eigenvalue weighted by atomic mass is 79.9. The van der Waals surface area contributed by atoms with E-state index in [1.165, 1.54) is 0 Å². The molecule has 0 bridgehead atoms. The fraction of sp³-hybridized carbons (Fsp3) is 0.455. The van der Waals surface area contributed by atoms with Crippen molar-refractivity contribution in [2.45, 2.75) is 23.2 Å². The third-order valence-electron chi connectivity index (χ3n) is 3.02. The third kappa shape index (κ3) is 3.09. The highest BCUT2D eigenvalue weighted by Gasteiger charge is 2.48. The molecule has 0 radical (unpaired) electrons. The van der Waals surface area contributed by atoms with E-state index in [1.54, 1.807) is 0 Å². The molecule has 0 unspecified atom stereocenters. The first-order valence-corrected chi connectivity index (χ1v) is 7.08. The lowest BCUT2D eigenvalue weighted by Gasteiger charge is -2.13. The molecule has 0 aromatic heterocycles. The molecular formula is C11H13BrF3NO3S. The van der Waals surface area contributed by atoms with Crippen molar-refractivity contribution in [1.82, 2.24) is 5.32 Å². The number of phenolic OH excluding ortho intramolecular Hbond substituents is 1. The number of benzene rings is 1. The molecule has 1 aromatic rings. The summed E-state index contributed by atoms with van der Waals surface area (Å²) in [6, 6.07) is 2.04. The van der Waals surface area contributed by atoms with E-state index in [2.05, 4.69) is 5.32 Å². The number of alkyl halides is 3. The molecule has 0 aliphatic carbocycles. The quantitative estimate of drug-likeness (QED) is 0.787. The summed E-state index contributed by atoms with van der Waals surface area (Å²) in [7, 11) is -5.52. The number of hydrogen-bond acceptors (Lipinski definition) is 4. The lowest BCUT2D eigenvalue weighted by molar-refractivity contribution is -0.0437. The normalized spacial score (nSPS) is 15.9. The molecule has 2 rings (SSSR count). The van der Waals surface area contributed by atoms with Crippen molar-refractivity contribution in [3.05, 3.63) is 23.3 Å². The molecule has 9 heteroatoms. The first kappa shape index (κ1) is 17.3. The summed E-state index contributed by atoms with van der Waals surface area (Å²) < 4.78 is 60.2. The Labute approximate surface area is 124 Å². The van der Waals surface area contributed by atoms with E-state index < -0.39 is 26.0 Å². The average Bonchev–Trinajstić information content (AvgIpc) is 2.50. The van der Waals surface area contributed by atoms with Crippen molar-refractivity contribution in [1.29, 1.82) is 0 Å². The van der Waals surface area contributed by atoms with E-state index in [-0.39, 0.29) is 17.0 Å². The molecule has 20 heavy (non-hydrogen) atoms. The van der Waals surface area contributed by atoms with Crippen molar-refractivity contribution in [3.63, 3.8) is 0 Å². The topological polar surface area (TPSA) is 66.4 Å². The minimum absolute atomic E-state index is 0. The number of aromatic hydroxyl groups is 1. The van der Waals surface area contributed by atoms with E-state index in [0.29, 0.717) is 37.1 Å². The highest BCUT2D eigenvalue weighted by molar-refractivity contribution is 8.93. The van der Waals surface area contributed by atoms with Gasteiger partial charge in [-0.25, -0.2) is 8.42 Å². The van der Waals surface area contributed by atoms with Gasteiger partial charge in [0.1, 0.15) is 10.6 Å². The molecule has 1 aliphatic heterocycles. The summed E-state index contributed by atoms with van der Waals surface area (Å²) in [5, 5.41) is 12.6. The summed E-state index contributed by atoms with van der Waals surface area (Å²) in [4.78, 5) is -1.07. The van der Waals surface area contributed by atoms with Gasteiger partial charge in [-0.05, 0) is 49.2 Å². The maximum Gasteiger partial charge on any atom is 0.502 e. The van der Waals surface area contributed by atoms with Crippen molar-refractivity contribution in [2.75, 3.05) is 13.1 Å². The molecule has 1 aromatic carbocycles. The van der Waals surface area contributed by atoms with Crippen LogP contribution in [-0.4, -0.2) is 32.1 Å². The SMILES string of the molecule is Br.O=S(=O)(c1cc2c(cc1O)CCNCC2)C(F)(F)F. The van der Waals surface area contributed by atoms with Crippen LogP contribution in [0.2, 0.25) is 0 Å². The van der Waals surface area contributed by atoms with E-state index >= 15 is 0 Å². The van der Waals surface area contributed by atoms with Crippen LogP contribution in [0.4, 0.5) is 13.2 Å². The van der Waals surface area contributed by atoms with Crippen LogP contribution in [0.25, 0.3) is 0 Å². The van der Waals surface area contributed by atoms with Gasteiger partial charge in [-0.1, -0.05) is 0 Å². The molecule has 1 aliphatic rings. The van der Waals surface area contributed by atoms with Gasteiger partial charge in [0, 0.05) is 0 Å². The Hall–Kier alpha value is -0.800. The Bertz CT molecular complexity index is 602. The van der Waals surface area contributed by atoms with Crippen LogP contribution in [0.5, 0.6) is 5.75 Å². The van der Waals surface area contributed by atoms with Crippen molar-refractivity contribution in [2.24, 2.45) is 0 Å². The van der Waals surface area contributed by atoms with Crippen LogP contribution in [0.15, 0.2) is 17.0 Å². The zero-order valence-electron chi connectivity index (χ0n) is 10.2. The molecule has 0 spiro atoms. The molecule has 0 saturated carbocycles. The monoisotopic (exact) mass is 375 g/mol. The number of nitrogens with one attached hydrogen (secondary N) is 1. The first-order chi connectivity index (χ1) is 8.73. The summed E-state index contributed by atoms with van der Waals surface area (Å²) in [5.74, 6) is -0.849. The minimum atomic E-state index is -5.52. The third-order valence-corrected chi connectivity index (χ3v) is 4.53. The molecule has 4 nitrogen and oxygen atoms in total. The Morgan fingerprint density at radius 3 is 2.10 bits per heavy atom. The van der Waals surface area contributed by atoms with Crippen LogP contribution >= 0.6 is 17.0 Å². The first-order valence-electron chi connectivity index (χ1n) is 5.60. The second-order valence-corrected chi connectivity index (χ2v) is 6.20. The van der Waals surface area contributed by atoms with Gasteiger partial charge in [-0.3, -0.25) is 0 Å². The predicted molar refractivity (Wildman–Crippen MR) is 71.9 cm³/mol. The van der Waals surface area contributed by atoms with Gasteiger partial charge in [-0.2, -0.15) is 13.2 Å². The lowest BCUT2D eigenvalue weighted by atomic mass is 10.0. The largest absolute Gasteiger partial charge is 0.507 e. The summed E-state index contributed by atoms with van der Waals surface area (Å²) >= 11 is 0. The smallest absolute Gasteiger partial charge is 0.502 e. The minimum Gasteiger partial charge on any atom is -0.507 e. The molecule has 0 fully saturated rings. The molecule has 2 N–H and O–H groups in total. The second-order valence-electron chi connectivity index (χ2n) is 4.29. The Kier molecular flexibility index (Phi) is 5.09. The number of sulfone groups is 1. The number of phenols is 1. The fourth-order valence-corrected chi connectivity index (χ4v) is 2.91. The number of hydrogen-bond donors (Lipinski definition) is 2. The lowest BCUT2D eigenvalue weighted by Crippen LogP contribution is -2.23. The standard InChI is InChI=1S/C11H12F3NO3S.BrH/c12-11(13,14)19(17,18)10-6-8-2-4-15-3-1-7(8)5-9(10)16;/h5-6,15-16H,1-4H2;1H. The van der Waals surface area contributed by atoms with Gasteiger partial charge in [0.2, 0.25) is 0 Å². The maximum absolute atomic E-state index is 12.5. The molecular weight excluding hydrogens is 363 g/mol. The zero-order chi connectivity index (χ0) is 14.3. The van der Waals surface area contributed by atoms with E-state index in [0.717, 1.165) is 12.1 Å². The van der Waals surface area contributed by atoms with Crippen LogP contribution in [0, 0.1) is 0 Å². The fourth-order valence-electron chi connectivity index (χ4n) is 2.03. The van der Waals surface area contributed by atoms with Crippen LogP contribution in [0.1, 0.15) is 11.1 Å². The van der Waals surface area contributed by atoms with Crippen LogP contribution < -0.4 is 5.32 Å². The molecule has 0 amide bonds. The Morgan fingerprint density at radius 2 is 1.60 bits per heavy atom. The van der Waals surface area contributed by atoms with Crippen molar-refractivity contribution < 1.29 is 26.7 Å². The molecule has 0 saturated heterocycles. The average molecular weight is 376 g/mol. The van der Waals surface area contributed by atoms with Gasteiger partial charge in [0.25, 0.3) is 9.84 Å². The highest BCUT2D eigenvalue weighted by Crippen LogP contribution is 2.36. The molecule has 1 heterocycles. The maximum atomic E-state index is 12.5.